The second-order valence-corrected chi connectivity index (χ2v) is 5.85. The third-order valence-electron chi connectivity index (χ3n) is 2.67. The Bertz CT molecular complexity index is 658. The van der Waals surface area contributed by atoms with Gasteiger partial charge in [-0.3, -0.25) is 4.79 Å². The highest BCUT2D eigenvalue weighted by Crippen LogP contribution is 2.13. The Kier molecular flexibility index (Phi) is 5.49. The van der Waals surface area contributed by atoms with Crippen molar-refractivity contribution in [2.45, 2.75) is 20.0 Å². The second-order valence-electron chi connectivity index (χ2n) is 4.87. The molecule has 0 fully saturated rings. The Morgan fingerprint density at radius 1 is 1.18 bits per heavy atom. The fourth-order valence-corrected chi connectivity index (χ4v) is 2.32. The Balaban J connectivity index is 1.93. The number of rotatable bonds is 5. The molecular weight excluding hydrogens is 298 g/mol. The van der Waals surface area contributed by atoms with Crippen molar-refractivity contribution in [2.75, 3.05) is 5.32 Å². The Labute approximate surface area is 133 Å². The summed E-state index contributed by atoms with van der Waals surface area (Å²) in [5, 5.41) is 4.69. The van der Waals surface area contributed by atoms with Crippen LogP contribution >= 0.6 is 11.3 Å². The van der Waals surface area contributed by atoms with Gasteiger partial charge in [0.05, 0.1) is 11.7 Å². The van der Waals surface area contributed by atoms with Crippen LogP contribution in [0.3, 0.4) is 0 Å². The largest absolute Gasteiger partial charge is 0.459 e. The van der Waals surface area contributed by atoms with Gasteiger partial charge in [0.25, 0.3) is 0 Å². The summed E-state index contributed by atoms with van der Waals surface area (Å²) >= 11 is 1.56. The molecular formula is C17H17NO3S. The van der Waals surface area contributed by atoms with Crippen LogP contribution in [0.25, 0.3) is 6.08 Å². The van der Waals surface area contributed by atoms with Crippen LogP contribution in [0.5, 0.6) is 0 Å². The zero-order valence-corrected chi connectivity index (χ0v) is 13.2. The summed E-state index contributed by atoms with van der Waals surface area (Å²) in [6, 6.07) is 10.5. The molecule has 22 heavy (non-hydrogen) atoms. The third kappa shape index (κ3) is 4.86. The Hall–Kier alpha value is -2.40. The molecule has 114 valence electrons. The van der Waals surface area contributed by atoms with E-state index in [0.29, 0.717) is 11.3 Å². The van der Waals surface area contributed by atoms with E-state index in [1.54, 1.807) is 55.5 Å². The van der Waals surface area contributed by atoms with Crippen LogP contribution in [0.4, 0.5) is 5.69 Å². The SMILES string of the molecule is CC(C)OC(=O)c1ccc(NC(=O)/C=C/c2cccs2)cc1. The van der Waals surface area contributed by atoms with E-state index < -0.39 is 0 Å². The first-order valence-electron chi connectivity index (χ1n) is 6.88. The molecule has 1 heterocycles. The highest BCUT2D eigenvalue weighted by atomic mass is 32.1. The summed E-state index contributed by atoms with van der Waals surface area (Å²) in [4.78, 5) is 24.5. The molecule has 1 aromatic carbocycles. The van der Waals surface area contributed by atoms with E-state index in [1.807, 2.05) is 17.5 Å². The average molecular weight is 315 g/mol. The monoisotopic (exact) mass is 315 g/mol. The van der Waals surface area contributed by atoms with Gasteiger partial charge in [-0.1, -0.05) is 6.07 Å². The van der Waals surface area contributed by atoms with E-state index in [2.05, 4.69) is 5.32 Å². The van der Waals surface area contributed by atoms with Crippen LogP contribution in [0, 0.1) is 0 Å². The zero-order valence-electron chi connectivity index (χ0n) is 12.4. The van der Waals surface area contributed by atoms with E-state index in [4.69, 9.17) is 4.74 Å². The summed E-state index contributed by atoms with van der Waals surface area (Å²) in [5.41, 5.74) is 1.09. The summed E-state index contributed by atoms with van der Waals surface area (Å²) < 4.78 is 5.10. The summed E-state index contributed by atoms with van der Waals surface area (Å²) in [6.45, 7) is 3.60. The minimum Gasteiger partial charge on any atom is -0.459 e. The van der Waals surface area contributed by atoms with Gasteiger partial charge in [-0.05, 0) is 55.6 Å². The van der Waals surface area contributed by atoms with Crippen molar-refractivity contribution in [3.8, 4) is 0 Å². The number of ether oxygens (including phenoxy) is 1. The zero-order chi connectivity index (χ0) is 15.9. The van der Waals surface area contributed by atoms with Crippen molar-refractivity contribution in [1.82, 2.24) is 0 Å². The average Bonchev–Trinajstić information content (AvgIpc) is 2.98. The smallest absolute Gasteiger partial charge is 0.338 e. The first-order chi connectivity index (χ1) is 10.5. The number of benzene rings is 1. The van der Waals surface area contributed by atoms with Gasteiger partial charge in [0.1, 0.15) is 0 Å². The molecule has 5 heteroatoms. The minimum atomic E-state index is -0.370. The molecule has 2 rings (SSSR count). The van der Waals surface area contributed by atoms with E-state index >= 15 is 0 Å². The lowest BCUT2D eigenvalue weighted by atomic mass is 10.2. The van der Waals surface area contributed by atoms with E-state index in [1.165, 1.54) is 6.08 Å². The van der Waals surface area contributed by atoms with Gasteiger partial charge in [0, 0.05) is 16.6 Å². The van der Waals surface area contributed by atoms with E-state index in [0.717, 1.165) is 4.88 Å². The number of amides is 1. The molecule has 1 aromatic heterocycles. The van der Waals surface area contributed by atoms with Crippen molar-refractivity contribution in [3.63, 3.8) is 0 Å². The maximum Gasteiger partial charge on any atom is 0.338 e. The lowest BCUT2D eigenvalue weighted by molar-refractivity contribution is -0.111. The molecule has 0 aliphatic heterocycles. The van der Waals surface area contributed by atoms with Gasteiger partial charge in [0.2, 0.25) is 5.91 Å². The van der Waals surface area contributed by atoms with Crippen LogP contribution in [0.15, 0.2) is 47.9 Å². The molecule has 0 atom stereocenters. The summed E-state index contributed by atoms with van der Waals surface area (Å²) in [5.74, 6) is -0.587. The number of hydrogen-bond acceptors (Lipinski definition) is 4. The van der Waals surface area contributed by atoms with Gasteiger partial charge >= 0.3 is 5.97 Å². The minimum absolute atomic E-state index is 0.158. The van der Waals surface area contributed by atoms with Crippen LogP contribution < -0.4 is 5.32 Å². The van der Waals surface area contributed by atoms with Crippen molar-refractivity contribution in [2.24, 2.45) is 0 Å². The molecule has 0 saturated carbocycles. The number of anilines is 1. The van der Waals surface area contributed by atoms with E-state index in [9.17, 15) is 9.59 Å². The topological polar surface area (TPSA) is 55.4 Å². The number of carbonyl (C=O) groups is 2. The maximum absolute atomic E-state index is 11.8. The summed E-state index contributed by atoms with van der Waals surface area (Å²) in [6.07, 6.45) is 3.08. The van der Waals surface area contributed by atoms with Crippen molar-refractivity contribution in [1.29, 1.82) is 0 Å². The number of nitrogens with one attached hydrogen (secondary N) is 1. The number of hydrogen-bond donors (Lipinski definition) is 1. The number of thiophene rings is 1. The van der Waals surface area contributed by atoms with E-state index in [-0.39, 0.29) is 18.0 Å². The fraction of sp³-hybridized carbons (Fsp3) is 0.176. The highest BCUT2D eigenvalue weighted by Gasteiger charge is 2.09. The predicted octanol–water partition coefficient (Wildman–Crippen LogP) is 3.97. The van der Waals surface area contributed by atoms with Crippen LogP contribution in [0.1, 0.15) is 29.1 Å². The quantitative estimate of drug-likeness (QED) is 0.671. The van der Waals surface area contributed by atoms with Crippen molar-refractivity contribution in [3.05, 3.63) is 58.3 Å². The van der Waals surface area contributed by atoms with Gasteiger partial charge in [-0.25, -0.2) is 4.79 Å². The maximum atomic E-state index is 11.8. The lowest BCUT2D eigenvalue weighted by Crippen LogP contribution is -2.12. The molecule has 0 radical (unpaired) electrons. The first-order valence-corrected chi connectivity index (χ1v) is 7.76. The molecule has 0 unspecified atom stereocenters. The standard InChI is InChI=1S/C17H17NO3S/c1-12(2)21-17(20)13-5-7-14(8-6-13)18-16(19)10-9-15-4-3-11-22-15/h3-12H,1-2H3,(H,18,19)/b10-9+. The van der Waals surface area contributed by atoms with Gasteiger partial charge < -0.3 is 10.1 Å². The van der Waals surface area contributed by atoms with Crippen LogP contribution in [-0.2, 0) is 9.53 Å². The molecule has 2 aromatic rings. The molecule has 0 aliphatic rings. The van der Waals surface area contributed by atoms with Gasteiger partial charge in [-0.15, -0.1) is 11.3 Å². The Morgan fingerprint density at radius 2 is 1.91 bits per heavy atom. The molecule has 0 aliphatic carbocycles. The highest BCUT2D eigenvalue weighted by molar-refractivity contribution is 7.10. The molecule has 4 nitrogen and oxygen atoms in total. The third-order valence-corrected chi connectivity index (χ3v) is 3.51. The summed E-state index contributed by atoms with van der Waals surface area (Å²) in [7, 11) is 0. The van der Waals surface area contributed by atoms with Gasteiger partial charge in [-0.2, -0.15) is 0 Å². The normalized spacial score (nSPS) is 10.9. The molecule has 1 N–H and O–H groups in total. The number of esters is 1. The first kappa shape index (κ1) is 16.0. The molecule has 0 bridgehead atoms. The lowest BCUT2D eigenvalue weighted by Gasteiger charge is -2.08. The molecule has 0 saturated heterocycles. The van der Waals surface area contributed by atoms with Crippen LogP contribution in [-0.4, -0.2) is 18.0 Å². The predicted molar refractivity (Wildman–Crippen MR) is 89.0 cm³/mol. The Morgan fingerprint density at radius 3 is 2.50 bits per heavy atom. The second kappa shape index (κ2) is 7.56. The van der Waals surface area contributed by atoms with Crippen LogP contribution in [0.2, 0.25) is 0 Å². The fourth-order valence-electron chi connectivity index (χ4n) is 1.70. The molecule has 0 spiro atoms. The van der Waals surface area contributed by atoms with Gasteiger partial charge in [0.15, 0.2) is 0 Å². The van der Waals surface area contributed by atoms with Crippen molar-refractivity contribution >= 4 is 35.0 Å². The number of carbonyl (C=O) groups excluding carboxylic acids is 2. The van der Waals surface area contributed by atoms with Crippen molar-refractivity contribution < 1.29 is 14.3 Å². The molecule has 1 amide bonds.